The molecule has 0 heterocycles. The van der Waals surface area contributed by atoms with Gasteiger partial charge in [-0.3, -0.25) is 4.79 Å². The summed E-state index contributed by atoms with van der Waals surface area (Å²) in [6.07, 6.45) is 0. The van der Waals surface area contributed by atoms with Gasteiger partial charge in [-0.25, -0.2) is 4.39 Å². The van der Waals surface area contributed by atoms with E-state index in [-0.39, 0.29) is 11.8 Å². The molecule has 0 saturated heterocycles. The lowest BCUT2D eigenvalue weighted by molar-refractivity contribution is -0.141. The molecule has 17 heavy (non-hydrogen) atoms. The topological polar surface area (TPSA) is 58.6 Å². The number of carboxylic acid groups (broad SMARTS) is 1. The molecule has 0 aromatic heterocycles. The Hall–Kier alpha value is -1.78. The van der Waals surface area contributed by atoms with Gasteiger partial charge in [-0.1, -0.05) is 0 Å². The minimum Gasteiger partial charge on any atom is -0.494 e. The second-order valence-electron chi connectivity index (χ2n) is 3.91. The molecule has 0 fully saturated rings. The van der Waals surface area contributed by atoms with Crippen molar-refractivity contribution in [3.05, 3.63) is 24.0 Å². The van der Waals surface area contributed by atoms with Crippen LogP contribution in [0, 0.1) is 11.7 Å². The molecule has 2 N–H and O–H groups in total. The first-order chi connectivity index (χ1) is 7.95. The Balaban J connectivity index is 2.78. The van der Waals surface area contributed by atoms with E-state index in [9.17, 15) is 9.18 Å². The lowest BCUT2D eigenvalue weighted by atomic mass is 10.0. The van der Waals surface area contributed by atoms with Crippen LogP contribution in [0.1, 0.15) is 13.8 Å². The van der Waals surface area contributed by atoms with Crippen molar-refractivity contribution in [2.75, 3.05) is 12.4 Å². The molecular formula is C12H16FNO3. The molecule has 94 valence electrons. The first-order valence-corrected chi connectivity index (χ1v) is 5.28. The van der Waals surface area contributed by atoms with Gasteiger partial charge in [-0.05, 0) is 26.0 Å². The minimum absolute atomic E-state index is 0.130. The summed E-state index contributed by atoms with van der Waals surface area (Å²) in [4.78, 5) is 10.8. The Bertz CT molecular complexity index is 409. The van der Waals surface area contributed by atoms with Crippen molar-refractivity contribution in [2.45, 2.75) is 19.9 Å². The van der Waals surface area contributed by atoms with Gasteiger partial charge in [-0.15, -0.1) is 0 Å². The first kappa shape index (κ1) is 13.3. The Morgan fingerprint density at radius 3 is 2.65 bits per heavy atom. The summed E-state index contributed by atoms with van der Waals surface area (Å²) >= 11 is 0. The maximum Gasteiger partial charge on any atom is 0.308 e. The zero-order valence-electron chi connectivity index (χ0n) is 10.0. The fourth-order valence-electron chi connectivity index (χ4n) is 1.35. The molecule has 0 spiro atoms. The molecule has 0 amide bonds. The smallest absolute Gasteiger partial charge is 0.308 e. The van der Waals surface area contributed by atoms with Gasteiger partial charge in [0.05, 0.1) is 13.0 Å². The van der Waals surface area contributed by atoms with Crippen LogP contribution in [0.2, 0.25) is 0 Å². The van der Waals surface area contributed by atoms with Crippen LogP contribution in [0.25, 0.3) is 0 Å². The van der Waals surface area contributed by atoms with Crippen LogP contribution in [0.4, 0.5) is 10.1 Å². The lowest BCUT2D eigenvalue weighted by Crippen LogP contribution is -2.29. The number of carboxylic acids is 1. The van der Waals surface area contributed by atoms with Crippen LogP contribution in [-0.2, 0) is 4.79 Å². The van der Waals surface area contributed by atoms with Crippen molar-refractivity contribution >= 4 is 11.7 Å². The van der Waals surface area contributed by atoms with Crippen LogP contribution < -0.4 is 10.1 Å². The van der Waals surface area contributed by atoms with Crippen molar-refractivity contribution in [1.29, 1.82) is 0 Å². The molecule has 0 saturated carbocycles. The Morgan fingerprint density at radius 2 is 2.12 bits per heavy atom. The van der Waals surface area contributed by atoms with Gasteiger partial charge in [0.15, 0.2) is 11.6 Å². The number of nitrogens with one attached hydrogen (secondary N) is 1. The van der Waals surface area contributed by atoms with Crippen molar-refractivity contribution in [2.24, 2.45) is 5.92 Å². The molecule has 4 nitrogen and oxygen atoms in total. The lowest BCUT2D eigenvalue weighted by Gasteiger charge is -2.19. The first-order valence-electron chi connectivity index (χ1n) is 5.28. The standard InChI is InChI=1S/C12H16FNO3/c1-7(12(15)16)8(2)14-9-4-5-10(13)11(6-9)17-3/h4-8,14H,1-3H3,(H,15,16). The number of hydrogen-bond donors (Lipinski definition) is 2. The highest BCUT2D eigenvalue weighted by Gasteiger charge is 2.19. The molecule has 1 aromatic carbocycles. The van der Waals surface area contributed by atoms with Crippen LogP contribution >= 0.6 is 0 Å². The summed E-state index contributed by atoms with van der Waals surface area (Å²) in [6, 6.07) is 4.06. The van der Waals surface area contributed by atoms with Crippen molar-refractivity contribution < 1.29 is 19.0 Å². The van der Waals surface area contributed by atoms with Crippen LogP contribution in [0.15, 0.2) is 18.2 Å². The van der Waals surface area contributed by atoms with E-state index in [0.29, 0.717) is 5.69 Å². The third-order valence-corrected chi connectivity index (χ3v) is 2.68. The number of hydrogen-bond acceptors (Lipinski definition) is 3. The van der Waals surface area contributed by atoms with Gasteiger partial charge < -0.3 is 15.2 Å². The second kappa shape index (κ2) is 5.52. The SMILES string of the molecule is COc1cc(NC(C)C(C)C(=O)O)ccc1F. The normalized spacial score (nSPS) is 13.9. The third kappa shape index (κ3) is 3.34. The molecule has 1 rings (SSSR count). The molecule has 0 aliphatic rings. The van der Waals surface area contributed by atoms with Gasteiger partial charge in [0.25, 0.3) is 0 Å². The second-order valence-corrected chi connectivity index (χ2v) is 3.91. The third-order valence-electron chi connectivity index (χ3n) is 2.68. The van der Waals surface area contributed by atoms with E-state index in [1.165, 1.54) is 19.2 Å². The number of halogens is 1. The van der Waals surface area contributed by atoms with Crippen molar-refractivity contribution in [3.63, 3.8) is 0 Å². The van der Waals surface area contributed by atoms with E-state index < -0.39 is 17.7 Å². The summed E-state index contributed by atoms with van der Waals surface area (Å²) < 4.78 is 18.0. The quantitative estimate of drug-likeness (QED) is 0.830. The van der Waals surface area contributed by atoms with Gasteiger partial charge in [-0.2, -0.15) is 0 Å². The fraction of sp³-hybridized carbons (Fsp3) is 0.417. The largest absolute Gasteiger partial charge is 0.494 e. The summed E-state index contributed by atoms with van der Waals surface area (Å²) in [6.45, 7) is 3.37. The van der Waals surface area contributed by atoms with E-state index >= 15 is 0 Å². The molecule has 0 aliphatic heterocycles. The van der Waals surface area contributed by atoms with E-state index in [0.717, 1.165) is 0 Å². The highest BCUT2D eigenvalue weighted by molar-refractivity contribution is 5.71. The summed E-state index contributed by atoms with van der Waals surface area (Å²) in [5, 5.41) is 11.8. The average Bonchev–Trinajstić information content (AvgIpc) is 2.30. The van der Waals surface area contributed by atoms with Crippen LogP contribution in [0.5, 0.6) is 5.75 Å². The monoisotopic (exact) mass is 241 g/mol. The highest BCUT2D eigenvalue weighted by atomic mass is 19.1. The molecule has 0 radical (unpaired) electrons. The number of ether oxygens (including phenoxy) is 1. The van der Waals surface area contributed by atoms with E-state index in [2.05, 4.69) is 5.32 Å². The number of carbonyl (C=O) groups is 1. The maximum absolute atomic E-state index is 13.1. The molecule has 5 heteroatoms. The number of aliphatic carboxylic acids is 1. The predicted octanol–water partition coefficient (Wildman–Crippen LogP) is 2.36. The van der Waals surface area contributed by atoms with Gasteiger partial charge in [0, 0.05) is 17.8 Å². The van der Waals surface area contributed by atoms with E-state index in [1.807, 2.05) is 0 Å². The number of rotatable bonds is 5. The Labute approximate surface area is 99.4 Å². The zero-order chi connectivity index (χ0) is 13.0. The van der Waals surface area contributed by atoms with Gasteiger partial charge >= 0.3 is 5.97 Å². The zero-order valence-corrected chi connectivity index (χ0v) is 10.0. The number of benzene rings is 1. The van der Waals surface area contributed by atoms with Crippen molar-refractivity contribution in [1.82, 2.24) is 0 Å². The summed E-state index contributed by atoms with van der Waals surface area (Å²) in [5.41, 5.74) is 0.629. The Morgan fingerprint density at radius 1 is 1.47 bits per heavy atom. The summed E-state index contributed by atoms with van der Waals surface area (Å²) in [7, 11) is 1.38. The predicted molar refractivity (Wildman–Crippen MR) is 62.8 cm³/mol. The molecule has 0 bridgehead atoms. The Kier molecular flexibility index (Phi) is 4.31. The van der Waals surface area contributed by atoms with E-state index in [1.54, 1.807) is 19.9 Å². The maximum atomic E-state index is 13.1. The van der Waals surface area contributed by atoms with Crippen LogP contribution in [0.3, 0.4) is 0 Å². The molecule has 2 atom stereocenters. The molecule has 2 unspecified atom stereocenters. The minimum atomic E-state index is -0.876. The average molecular weight is 241 g/mol. The summed E-state index contributed by atoms with van der Waals surface area (Å²) in [5.74, 6) is -1.73. The van der Waals surface area contributed by atoms with E-state index in [4.69, 9.17) is 9.84 Å². The number of methoxy groups -OCH3 is 1. The molecular weight excluding hydrogens is 225 g/mol. The fourth-order valence-corrected chi connectivity index (χ4v) is 1.35. The highest BCUT2D eigenvalue weighted by Crippen LogP contribution is 2.22. The molecule has 1 aromatic rings. The number of anilines is 1. The van der Waals surface area contributed by atoms with Crippen molar-refractivity contribution in [3.8, 4) is 5.75 Å². The van der Waals surface area contributed by atoms with Crippen LogP contribution in [-0.4, -0.2) is 24.2 Å². The van der Waals surface area contributed by atoms with Gasteiger partial charge in [0.1, 0.15) is 0 Å². The molecule has 0 aliphatic carbocycles. The van der Waals surface area contributed by atoms with Gasteiger partial charge in [0.2, 0.25) is 0 Å².